The van der Waals surface area contributed by atoms with Crippen LogP contribution in [0.25, 0.3) is 99.8 Å². The van der Waals surface area contributed by atoms with Gasteiger partial charge in [-0.25, -0.2) is 4.98 Å². The Morgan fingerprint density at radius 2 is 1.24 bits per heavy atom. The van der Waals surface area contributed by atoms with E-state index in [0.717, 1.165) is 16.1 Å². The van der Waals surface area contributed by atoms with E-state index in [0.29, 0.717) is 0 Å². The van der Waals surface area contributed by atoms with E-state index in [1.54, 1.807) is 11.3 Å². The van der Waals surface area contributed by atoms with Crippen LogP contribution >= 0.6 is 34.0 Å². The summed E-state index contributed by atoms with van der Waals surface area (Å²) in [6.07, 6.45) is 2.41. The van der Waals surface area contributed by atoms with E-state index in [9.17, 15) is 0 Å². The molecule has 6 heterocycles. The Morgan fingerprint density at radius 1 is 0.544 bits per heavy atom. The van der Waals surface area contributed by atoms with Crippen LogP contribution in [0.5, 0.6) is 0 Å². The molecule has 15 rings (SSSR count). The predicted octanol–water partition coefficient (Wildman–Crippen LogP) is 16.7. The average molecular weight is 930 g/mol. The number of thiophene rings is 2. The molecule has 0 radical (unpaired) electrons. The normalized spacial score (nSPS) is 15.9. The summed E-state index contributed by atoms with van der Waals surface area (Å²) < 4.78 is 9.25. The summed E-state index contributed by atoms with van der Waals surface area (Å²) in [6, 6.07) is 54.2. The van der Waals surface area contributed by atoms with Gasteiger partial charge in [-0.2, -0.15) is 0 Å². The first-order chi connectivity index (χ1) is 32.8. The molecule has 7 heteroatoms. The van der Waals surface area contributed by atoms with Crippen molar-refractivity contribution < 1.29 is 0 Å². The highest BCUT2D eigenvalue weighted by Gasteiger charge is 2.45. The second-order valence-electron chi connectivity index (χ2n) is 22.2. The van der Waals surface area contributed by atoms with Crippen LogP contribution in [-0.4, -0.2) is 16.4 Å². The Bertz CT molecular complexity index is 4190. The summed E-state index contributed by atoms with van der Waals surface area (Å²) in [6.45, 7) is 16.7. The molecule has 0 saturated carbocycles. The summed E-state index contributed by atoms with van der Waals surface area (Å²) in [5, 5.41) is 9.08. The Morgan fingerprint density at radius 3 is 2.03 bits per heavy atom. The van der Waals surface area contributed by atoms with Crippen molar-refractivity contribution in [3.63, 3.8) is 0 Å². The van der Waals surface area contributed by atoms with Gasteiger partial charge in [0.25, 0.3) is 0 Å². The van der Waals surface area contributed by atoms with Gasteiger partial charge < -0.3 is 9.38 Å². The quantitative estimate of drug-likeness (QED) is 0.161. The first kappa shape index (κ1) is 39.7. The number of fused-ring (bicyclic) bond motifs is 16. The van der Waals surface area contributed by atoms with Crippen molar-refractivity contribution in [3.8, 4) is 27.4 Å². The molecular formula is C61H48BN3S3. The largest absolute Gasteiger partial charge is 0.376 e. The van der Waals surface area contributed by atoms with E-state index in [-0.39, 0.29) is 23.1 Å². The number of rotatable bonds is 2. The first-order valence-corrected chi connectivity index (χ1v) is 26.6. The standard InChI is InChI=1S/C61H48BN3S3/c1-59(2,3)34-17-19-35(20-18-34)65-49-27-43-42-26-44-45(61(6,7)24-23-60(44,4)5)29-53(42)67-52(43)28-40(49)37-21-22-38-39-25-41-36-15-11-12-16-51(36)66-54(41)31-48(39)64-50-32-55-47(30-46(50)62(65)56(37)57(38)64)63-58(68-55)33-13-9-8-10-14-33/h8-22,25-32H,23-24H2,1-7H3. The zero-order valence-corrected chi connectivity index (χ0v) is 41.8. The maximum absolute atomic E-state index is 5.42. The van der Waals surface area contributed by atoms with Crippen LogP contribution in [0.15, 0.2) is 140 Å². The fourth-order valence-electron chi connectivity index (χ4n) is 12.5. The minimum atomic E-state index is -0.100. The number of anilines is 2. The number of hydrogen-bond acceptors (Lipinski definition) is 5. The topological polar surface area (TPSA) is 21.1 Å². The zero-order chi connectivity index (χ0) is 45.7. The molecule has 0 amide bonds. The minimum Gasteiger partial charge on any atom is -0.376 e. The lowest BCUT2D eigenvalue weighted by molar-refractivity contribution is 0.332. The van der Waals surface area contributed by atoms with Gasteiger partial charge in [0.15, 0.2) is 0 Å². The van der Waals surface area contributed by atoms with Crippen LogP contribution in [0.2, 0.25) is 0 Å². The highest BCUT2D eigenvalue weighted by Crippen LogP contribution is 2.53. The van der Waals surface area contributed by atoms with Crippen LogP contribution in [-0.2, 0) is 16.2 Å². The van der Waals surface area contributed by atoms with E-state index in [2.05, 4.69) is 197 Å². The van der Waals surface area contributed by atoms with Gasteiger partial charge in [-0.05, 0) is 129 Å². The van der Waals surface area contributed by atoms with Gasteiger partial charge in [0.05, 0.1) is 21.3 Å². The molecule has 0 N–H and O–H groups in total. The van der Waals surface area contributed by atoms with Gasteiger partial charge in [0.2, 0.25) is 0 Å². The van der Waals surface area contributed by atoms with Gasteiger partial charge in [-0.3, -0.25) is 0 Å². The van der Waals surface area contributed by atoms with Crippen molar-refractivity contribution in [2.75, 3.05) is 4.81 Å². The molecule has 0 unspecified atom stereocenters. The molecule has 0 fully saturated rings. The number of nitrogens with zero attached hydrogens (tertiary/aromatic N) is 3. The summed E-state index contributed by atoms with van der Waals surface area (Å²) in [7, 11) is 0. The zero-order valence-electron chi connectivity index (χ0n) is 39.3. The fourth-order valence-corrected chi connectivity index (χ4v) is 15.7. The lowest BCUT2D eigenvalue weighted by Gasteiger charge is -2.42. The molecule has 0 atom stereocenters. The molecule has 1 aliphatic carbocycles. The van der Waals surface area contributed by atoms with Crippen molar-refractivity contribution >= 4 is 136 Å². The van der Waals surface area contributed by atoms with Crippen LogP contribution < -0.4 is 15.7 Å². The molecule has 3 nitrogen and oxygen atoms in total. The first-order valence-electron chi connectivity index (χ1n) is 24.2. The Kier molecular flexibility index (Phi) is 7.76. The van der Waals surface area contributed by atoms with Crippen molar-refractivity contribution in [3.05, 3.63) is 156 Å². The fraction of sp³-hybridized carbons (Fsp3) is 0.197. The minimum absolute atomic E-state index is 0.0322. The Balaban J connectivity index is 1.08. The monoisotopic (exact) mass is 929 g/mol. The molecule has 3 aliphatic rings. The van der Waals surface area contributed by atoms with E-state index >= 15 is 0 Å². The number of thiazole rings is 1. The van der Waals surface area contributed by atoms with Crippen LogP contribution in [0.4, 0.5) is 11.4 Å². The molecule has 8 aromatic carbocycles. The van der Waals surface area contributed by atoms with Crippen LogP contribution in [0, 0.1) is 0 Å². The third-order valence-electron chi connectivity index (χ3n) is 16.2. The summed E-state index contributed by atoms with van der Waals surface area (Å²) in [5.74, 6) is 0. The maximum Gasteiger partial charge on any atom is 0.333 e. The van der Waals surface area contributed by atoms with Gasteiger partial charge in [0.1, 0.15) is 5.01 Å². The SMILES string of the molecule is CC(C)(C)c1ccc(N2B3c4cc5nc(-c6ccccc6)sc5cc4-n4c5cc6sc7ccccc7c6cc5c5ccc(c3c54)-c3cc4sc5cc6c(cc5c4cc32)C(C)(C)CCC6(C)C)cc1. The summed E-state index contributed by atoms with van der Waals surface area (Å²) in [5.41, 5.74) is 18.5. The van der Waals surface area contributed by atoms with Gasteiger partial charge in [-0.15, -0.1) is 34.0 Å². The molecule has 0 saturated heterocycles. The van der Waals surface area contributed by atoms with Crippen molar-refractivity contribution in [1.82, 2.24) is 9.55 Å². The Hall–Kier alpha value is -6.25. The van der Waals surface area contributed by atoms with Gasteiger partial charge >= 0.3 is 6.85 Å². The van der Waals surface area contributed by atoms with Crippen LogP contribution in [0.1, 0.15) is 78.0 Å². The van der Waals surface area contributed by atoms with Gasteiger partial charge in [0, 0.05) is 79.3 Å². The van der Waals surface area contributed by atoms with Crippen molar-refractivity contribution in [1.29, 1.82) is 0 Å². The molecule has 12 aromatic rings. The van der Waals surface area contributed by atoms with E-state index in [1.165, 1.54) is 135 Å². The molecule has 328 valence electrons. The lowest BCUT2D eigenvalue weighted by atomic mass is 9.44. The highest BCUT2D eigenvalue weighted by atomic mass is 32.1. The van der Waals surface area contributed by atoms with Crippen molar-refractivity contribution in [2.45, 2.75) is 77.6 Å². The molecule has 68 heavy (non-hydrogen) atoms. The van der Waals surface area contributed by atoms with E-state index in [1.807, 2.05) is 22.7 Å². The second-order valence-corrected chi connectivity index (χ2v) is 25.4. The average Bonchev–Trinajstić information content (AvgIpc) is 4.10. The molecule has 0 spiro atoms. The maximum atomic E-state index is 5.42. The van der Waals surface area contributed by atoms with E-state index < -0.39 is 0 Å². The molecular weight excluding hydrogens is 882 g/mol. The van der Waals surface area contributed by atoms with Gasteiger partial charge in [-0.1, -0.05) is 121 Å². The molecule has 4 aromatic heterocycles. The van der Waals surface area contributed by atoms with Crippen LogP contribution in [0.3, 0.4) is 0 Å². The molecule has 0 bridgehead atoms. The summed E-state index contributed by atoms with van der Waals surface area (Å²) >= 11 is 5.68. The van der Waals surface area contributed by atoms with Crippen molar-refractivity contribution in [2.24, 2.45) is 0 Å². The Labute approximate surface area is 408 Å². The summed E-state index contributed by atoms with van der Waals surface area (Å²) in [4.78, 5) is 8.13. The smallest absolute Gasteiger partial charge is 0.333 e. The predicted molar refractivity (Wildman–Crippen MR) is 298 cm³/mol. The molecule has 2 aliphatic heterocycles. The lowest BCUT2D eigenvalue weighted by Crippen LogP contribution is -2.60. The highest BCUT2D eigenvalue weighted by molar-refractivity contribution is 7.26. The number of aromatic nitrogens is 2. The number of benzene rings is 8. The number of hydrogen-bond donors (Lipinski definition) is 0. The second kappa shape index (κ2) is 13.3. The third kappa shape index (κ3) is 5.33. The third-order valence-corrected chi connectivity index (χ3v) is 19.5. The van der Waals surface area contributed by atoms with E-state index in [4.69, 9.17) is 4.98 Å².